The number of halogens is 3. The van der Waals surface area contributed by atoms with Crippen molar-refractivity contribution in [1.82, 2.24) is 9.88 Å². The number of pyridine rings is 1. The zero-order chi connectivity index (χ0) is 26.1. The van der Waals surface area contributed by atoms with Gasteiger partial charge < -0.3 is 24.3 Å². The Hall–Kier alpha value is -2.69. The minimum absolute atomic E-state index is 0. The second kappa shape index (κ2) is 11.8. The molecule has 1 saturated carbocycles. The van der Waals surface area contributed by atoms with E-state index in [1.165, 1.54) is 20.0 Å². The maximum atomic E-state index is 15.4. The van der Waals surface area contributed by atoms with E-state index >= 15 is 4.39 Å². The predicted molar refractivity (Wildman–Crippen MR) is 139 cm³/mol. The molecule has 4 rings (SSSR count). The van der Waals surface area contributed by atoms with Gasteiger partial charge in [-0.05, 0) is 46.2 Å². The molecule has 37 heavy (non-hydrogen) atoms. The molecule has 1 aliphatic heterocycles. The van der Waals surface area contributed by atoms with E-state index in [-0.39, 0.29) is 53.8 Å². The summed E-state index contributed by atoms with van der Waals surface area (Å²) < 4.78 is 26.9. The third kappa shape index (κ3) is 5.46. The van der Waals surface area contributed by atoms with Gasteiger partial charge in [-0.15, -0.1) is 12.4 Å². The number of benzene rings is 1. The van der Waals surface area contributed by atoms with Crippen molar-refractivity contribution in [3.05, 3.63) is 38.9 Å². The van der Waals surface area contributed by atoms with Gasteiger partial charge in [0.1, 0.15) is 5.82 Å². The summed E-state index contributed by atoms with van der Waals surface area (Å²) >= 11 is 6.75. The fourth-order valence-electron chi connectivity index (χ4n) is 4.65. The number of ether oxygens (including phenoxy) is 2. The van der Waals surface area contributed by atoms with E-state index in [1.807, 2.05) is 11.9 Å². The first-order chi connectivity index (χ1) is 17.2. The Bertz CT molecular complexity index is 1260. The van der Waals surface area contributed by atoms with Gasteiger partial charge in [0.25, 0.3) is 0 Å². The number of nitrogens with zero attached hydrogens (tertiary/aromatic N) is 2. The van der Waals surface area contributed by atoms with Crippen LogP contribution in [-0.4, -0.2) is 61.7 Å². The first-order valence-corrected chi connectivity index (χ1v) is 12.5. The molecule has 1 aromatic carbocycles. The van der Waals surface area contributed by atoms with Crippen molar-refractivity contribution in [2.45, 2.75) is 45.2 Å². The van der Waals surface area contributed by atoms with Gasteiger partial charge in [-0.2, -0.15) is 0 Å². The number of carbonyl (C=O) groups excluding carboxylic acids is 3. The molecule has 1 atom stereocenters. The lowest BCUT2D eigenvalue weighted by Gasteiger charge is -2.23. The summed E-state index contributed by atoms with van der Waals surface area (Å²) in [6.07, 6.45) is 3.69. The van der Waals surface area contributed by atoms with Gasteiger partial charge in [-0.25, -0.2) is 4.39 Å². The third-order valence-corrected chi connectivity index (χ3v) is 6.97. The van der Waals surface area contributed by atoms with Gasteiger partial charge >= 0.3 is 11.9 Å². The van der Waals surface area contributed by atoms with Crippen LogP contribution in [0.25, 0.3) is 10.9 Å². The van der Waals surface area contributed by atoms with Gasteiger partial charge in [-0.1, -0.05) is 11.6 Å². The van der Waals surface area contributed by atoms with Crippen LogP contribution in [0.3, 0.4) is 0 Å². The number of anilines is 1. The standard InChI is InChI=1S/C25H29ClFN3O6.ClH/c1-4-35-24(33)18(25(34)36-5-2)23(32)16-12-30(14-6-7-14)20-15(22(16)31)10-17(27)21(19(20)26)29-9-8-13(11-29)28-3;/h10,12-14,18,28H,4-9,11H2,1-3H3;1H/t13-;/m1./s1. The Balaban J connectivity index is 0.00000380. The fourth-order valence-corrected chi connectivity index (χ4v) is 5.06. The number of esters is 2. The zero-order valence-electron chi connectivity index (χ0n) is 20.8. The van der Waals surface area contributed by atoms with Crippen LogP contribution in [0.1, 0.15) is 49.5 Å². The Morgan fingerprint density at radius 2 is 1.78 bits per heavy atom. The first-order valence-electron chi connectivity index (χ1n) is 12.1. The van der Waals surface area contributed by atoms with Crippen molar-refractivity contribution in [1.29, 1.82) is 0 Å². The van der Waals surface area contributed by atoms with Crippen molar-refractivity contribution in [3.63, 3.8) is 0 Å². The highest BCUT2D eigenvalue weighted by molar-refractivity contribution is 6.38. The Morgan fingerprint density at radius 3 is 2.30 bits per heavy atom. The molecular weight excluding hydrogens is 528 g/mol. The summed E-state index contributed by atoms with van der Waals surface area (Å²) in [5.41, 5.74) is -0.688. The van der Waals surface area contributed by atoms with Crippen LogP contribution in [0, 0.1) is 11.7 Å². The predicted octanol–water partition coefficient (Wildman–Crippen LogP) is 3.27. The van der Waals surface area contributed by atoms with Gasteiger partial charge in [0, 0.05) is 31.4 Å². The third-order valence-electron chi connectivity index (χ3n) is 6.61. The molecule has 2 aromatic rings. The SMILES string of the molecule is CCOC(=O)C(C(=O)OCC)C(=O)c1cn(C2CC2)c2c(Cl)c(N3CC[C@@H](NC)C3)c(F)cc2c1=O.Cl. The maximum Gasteiger partial charge on any atom is 0.328 e. The number of Topliss-reactive ketones (excluding diaryl/α,β-unsaturated/α-hetero) is 1. The van der Waals surface area contributed by atoms with Crippen LogP contribution in [0.5, 0.6) is 0 Å². The summed E-state index contributed by atoms with van der Waals surface area (Å²) in [6.45, 7) is 4.08. The maximum absolute atomic E-state index is 15.4. The van der Waals surface area contributed by atoms with Crippen LogP contribution in [-0.2, 0) is 19.1 Å². The number of rotatable bonds is 9. The number of nitrogens with one attached hydrogen (secondary N) is 1. The molecule has 0 amide bonds. The quantitative estimate of drug-likeness (QED) is 0.284. The molecule has 0 spiro atoms. The molecule has 1 aromatic heterocycles. The van der Waals surface area contributed by atoms with E-state index in [0.29, 0.717) is 18.6 Å². The lowest BCUT2D eigenvalue weighted by molar-refractivity contribution is -0.158. The highest BCUT2D eigenvalue weighted by atomic mass is 35.5. The second-order valence-electron chi connectivity index (χ2n) is 8.95. The van der Waals surface area contributed by atoms with E-state index < -0.39 is 40.4 Å². The molecule has 2 aliphatic rings. The first kappa shape index (κ1) is 28.9. The van der Waals surface area contributed by atoms with Crippen LogP contribution in [0.2, 0.25) is 5.02 Å². The highest BCUT2D eigenvalue weighted by Gasteiger charge is 2.40. The summed E-state index contributed by atoms with van der Waals surface area (Å²) in [6, 6.07) is 1.22. The monoisotopic (exact) mass is 557 g/mol. The second-order valence-corrected chi connectivity index (χ2v) is 9.33. The molecule has 1 saturated heterocycles. The van der Waals surface area contributed by atoms with Gasteiger partial charge in [-0.3, -0.25) is 19.2 Å². The molecule has 0 unspecified atom stereocenters. The number of fused-ring (bicyclic) bond motifs is 1. The average Bonchev–Trinajstić information content (AvgIpc) is 3.57. The normalized spacial score (nSPS) is 17.1. The molecule has 2 fully saturated rings. The van der Waals surface area contributed by atoms with Crippen molar-refractivity contribution >= 4 is 58.3 Å². The van der Waals surface area contributed by atoms with E-state index in [0.717, 1.165) is 25.3 Å². The van der Waals surface area contributed by atoms with Crippen LogP contribution >= 0.6 is 24.0 Å². The Labute approximate surface area is 224 Å². The lowest BCUT2D eigenvalue weighted by Crippen LogP contribution is -2.37. The molecule has 12 heteroatoms. The van der Waals surface area contributed by atoms with Gasteiger partial charge in [0.2, 0.25) is 5.92 Å². The van der Waals surface area contributed by atoms with Gasteiger partial charge in [0.05, 0.1) is 40.4 Å². The number of carbonyl (C=O) groups is 3. The molecule has 0 bridgehead atoms. The molecule has 9 nitrogen and oxygen atoms in total. The molecule has 202 valence electrons. The lowest BCUT2D eigenvalue weighted by atomic mass is 9.96. The van der Waals surface area contributed by atoms with Crippen molar-refractivity contribution in [3.8, 4) is 0 Å². The van der Waals surface area contributed by atoms with Crippen LogP contribution in [0.15, 0.2) is 17.1 Å². The fraction of sp³-hybridized carbons (Fsp3) is 0.520. The van der Waals surface area contributed by atoms with E-state index in [4.69, 9.17) is 21.1 Å². The minimum atomic E-state index is -1.95. The number of likely N-dealkylation sites (N-methyl/N-ethyl adjacent to an activating group) is 1. The molecule has 1 N–H and O–H groups in total. The molecule has 0 radical (unpaired) electrons. The molecular formula is C25H30Cl2FN3O6. The minimum Gasteiger partial charge on any atom is -0.465 e. The highest BCUT2D eigenvalue weighted by Crippen LogP contribution is 2.42. The summed E-state index contributed by atoms with van der Waals surface area (Å²) in [5, 5.41) is 3.19. The number of hydrogen-bond acceptors (Lipinski definition) is 8. The number of hydrogen-bond donors (Lipinski definition) is 1. The molecule has 1 aliphatic carbocycles. The van der Waals surface area contributed by atoms with E-state index in [2.05, 4.69) is 5.32 Å². The molecule has 2 heterocycles. The van der Waals surface area contributed by atoms with Gasteiger partial charge in [0.15, 0.2) is 11.2 Å². The Kier molecular flexibility index (Phi) is 9.20. The number of ketones is 1. The van der Waals surface area contributed by atoms with Crippen molar-refractivity contribution in [2.75, 3.05) is 38.3 Å². The topological polar surface area (TPSA) is 107 Å². The Morgan fingerprint density at radius 1 is 1.16 bits per heavy atom. The van der Waals surface area contributed by atoms with Crippen LogP contribution < -0.4 is 15.6 Å². The summed E-state index contributed by atoms with van der Waals surface area (Å²) in [5.74, 6) is -5.89. The van der Waals surface area contributed by atoms with Crippen molar-refractivity contribution < 1.29 is 28.2 Å². The zero-order valence-corrected chi connectivity index (χ0v) is 22.4. The van der Waals surface area contributed by atoms with Crippen molar-refractivity contribution in [2.24, 2.45) is 5.92 Å². The summed E-state index contributed by atoms with van der Waals surface area (Å²) in [7, 11) is 1.84. The smallest absolute Gasteiger partial charge is 0.328 e. The van der Waals surface area contributed by atoms with E-state index in [1.54, 1.807) is 4.57 Å². The average molecular weight is 558 g/mol. The number of aromatic nitrogens is 1. The van der Waals surface area contributed by atoms with E-state index in [9.17, 15) is 19.2 Å². The summed E-state index contributed by atoms with van der Waals surface area (Å²) in [4.78, 5) is 53.7. The van der Waals surface area contributed by atoms with Crippen LogP contribution in [0.4, 0.5) is 10.1 Å². The largest absolute Gasteiger partial charge is 0.465 e.